The van der Waals surface area contributed by atoms with Crippen molar-refractivity contribution in [2.45, 2.75) is 0 Å². The van der Waals surface area contributed by atoms with Crippen molar-refractivity contribution in [3.05, 3.63) is 42.2 Å². The number of aromatic nitrogens is 1. The molecule has 0 amide bonds. The third-order valence-electron chi connectivity index (χ3n) is 2.96. The molecule has 0 radical (unpaired) electrons. The van der Waals surface area contributed by atoms with Gasteiger partial charge in [-0.1, -0.05) is 18.2 Å². The van der Waals surface area contributed by atoms with Crippen LogP contribution in [0.15, 0.2) is 36.7 Å². The Balaban J connectivity index is 0.000000550. The van der Waals surface area contributed by atoms with Crippen LogP contribution < -0.4 is 0 Å². The molecule has 0 saturated carbocycles. The molecular formula is C16H20BF4N3O. The Hall–Kier alpha value is -2.58. The highest BCUT2D eigenvalue weighted by molar-refractivity contribution is 6.50. The van der Waals surface area contributed by atoms with E-state index in [0.29, 0.717) is 0 Å². The number of carbonyl (C=O) groups is 1. The highest BCUT2D eigenvalue weighted by Gasteiger charge is 2.20. The van der Waals surface area contributed by atoms with Gasteiger partial charge in [0.05, 0.1) is 11.1 Å². The van der Waals surface area contributed by atoms with Gasteiger partial charge in [-0.3, -0.25) is 9.36 Å². The molecule has 0 aliphatic carbocycles. The molecule has 0 atom stereocenters. The van der Waals surface area contributed by atoms with Crippen molar-refractivity contribution >= 4 is 36.4 Å². The Bertz CT molecular complexity index is 784. The fourth-order valence-electron chi connectivity index (χ4n) is 2.25. The SMILES string of the molecule is CN(C)C=C(C=[N+](C)C)c1cn(C=O)c2ccccc12.F[B-](F)(F)F. The van der Waals surface area contributed by atoms with E-state index in [1.807, 2.05) is 68.1 Å². The van der Waals surface area contributed by atoms with Crippen LogP contribution in [0.3, 0.4) is 0 Å². The predicted octanol–water partition coefficient (Wildman–Crippen LogP) is 3.23. The lowest BCUT2D eigenvalue weighted by Gasteiger charge is -2.07. The largest absolute Gasteiger partial charge is 0.673 e. The van der Waals surface area contributed by atoms with Gasteiger partial charge in [0.25, 0.3) is 0 Å². The van der Waals surface area contributed by atoms with E-state index in [9.17, 15) is 22.1 Å². The number of fused-ring (bicyclic) bond motifs is 1. The zero-order chi connectivity index (χ0) is 19.2. The zero-order valence-corrected chi connectivity index (χ0v) is 14.5. The summed E-state index contributed by atoms with van der Waals surface area (Å²) in [6.07, 6.45) is 6.83. The molecule has 9 heteroatoms. The van der Waals surface area contributed by atoms with Crippen molar-refractivity contribution in [2.75, 3.05) is 28.2 Å². The van der Waals surface area contributed by atoms with Crippen LogP contribution in [-0.4, -0.2) is 62.1 Å². The first-order chi connectivity index (χ1) is 11.5. The Morgan fingerprint density at radius 1 is 1.16 bits per heavy atom. The summed E-state index contributed by atoms with van der Waals surface area (Å²) in [4.78, 5) is 13.2. The molecule has 0 fully saturated rings. The molecule has 1 heterocycles. The maximum atomic E-state index is 11.2. The van der Waals surface area contributed by atoms with E-state index < -0.39 is 7.25 Å². The topological polar surface area (TPSA) is 28.2 Å². The normalized spacial score (nSPS) is 11.6. The molecule has 25 heavy (non-hydrogen) atoms. The maximum Gasteiger partial charge on any atom is 0.673 e. The van der Waals surface area contributed by atoms with Crippen LogP contribution in [0.1, 0.15) is 5.56 Å². The van der Waals surface area contributed by atoms with E-state index in [1.165, 1.54) is 0 Å². The van der Waals surface area contributed by atoms with Crippen molar-refractivity contribution in [3.8, 4) is 0 Å². The van der Waals surface area contributed by atoms with Gasteiger partial charge in [-0.2, -0.15) is 0 Å². The fourth-order valence-corrected chi connectivity index (χ4v) is 2.25. The van der Waals surface area contributed by atoms with Crippen LogP contribution in [0.5, 0.6) is 0 Å². The van der Waals surface area contributed by atoms with Gasteiger partial charge in [-0.05, 0) is 6.07 Å². The van der Waals surface area contributed by atoms with E-state index in [1.54, 1.807) is 4.57 Å². The molecule has 0 N–H and O–H groups in total. The second kappa shape index (κ2) is 8.50. The molecule has 1 aromatic carbocycles. The second-order valence-electron chi connectivity index (χ2n) is 5.71. The molecule has 1 aromatic heterocycles. The number of hydrogen-bond acceptors (Lipinski definition) is 2. The van der Waals surface area contributed by atoms with Gasteiger partial charge in [0.15, 0.2) is 6.21 Å². The van der Waals surface area contributed by atoms with Crippen molar-refractivity contribution in [2.24, 2.45) is 0 Å². The lowest BCUT2D eigenvalue weighted by molar-refractivity contribution is -0.458. The zero-order valence-electron chi connectivity index (χ0n) is 14.5. The molecule has 0 unspecified atom stereocenters. The average Bonchev–Trinajstić information content (AvgIpc) is 2.82. The van der Waals surface area contributed by atoms with Crippen LogP contribution in [-0.2, 0) is 4.79 Å². The van der Waals surface area contributed by atoms with Crippen LogP contribution >= 0.6 is 0 Å². The highest BCUT2D eigenvalue weighted by atomic mass is 19.5. The molecule has 136 valence electrons. The molecule has 0 saturated heterocycles. The third-order valence-corrected chi connectivity index (χ3v) is 2.96. The van der Waals surface area contributed by atoms with E-state index in [4.69, 9.17) is 0 Å². The molecule has 2 aromatic rings. The molecule has 2 rings (SSSR count). The predicted molar refractivity (Wildman–Crippen MR) is 94.1 cm³/mol. The summed E-state index contributed by atoms with van der Waals surface area (Å²) in [6, 6.07) is 7.93. The van der Waals surface area contributed by atoms with E-state index in [2.05, 4.69) is 12.4 Å². The van der Waals surface area contributed by atoms with Gasteiger partial charge in [0, 0.05) is 37.4 Å². The van der Waals surface area contributed by atoms with E-state index in [0.717, 1.165) is 28.4 Å². The van der Waals surface area contributed by atoms with Crippen molar-refractivity contribution in [1.29, 1.82) is 0 Å². The van der Waals surface area contributed by atoms with Gasteiger partial charge in [0.1, 0.15) is 14.1 Å². The molecule has 0 aliphatic rings. The Labute approximate surface area is 143 Å². The van der Waals surface area contributed by atoms with Crippen LogP contribution in [0.2, 0.25) is 0 Å². The summed E-state index contributed by atoms with van der Waals surface area (Å²) in [7, 11) is 1.95. The number of hydrogen-bond donors (Lipinski definition) is 0. The Morgan fingerprint density at radius 2 is 1.72 bits per heavy atom. The van der Waals surface area contributed by atoms with Gasteiger partial charge < -0.3 is 22.2 Å². The fraction of sp³-hybridized carbons (Fsp3) is 0.250. The summed E-state index contributed by atoms with van der Waals surface area (Å²) in [5.74, 6) is 0. The summed E-state index contributed by atoms with van der Waals surface area (Å²) in [6.45, 7) is 0. The van der Waals surface area contributed by atoms with Crippen molar-refractivity contribution < 1.29 is 26.6 Å². The summed E-state index contributed by atoms with van der Waals surface area (Å²) < 4.78 is 42.6. The number of rotatable bonds is 4. The van der Waals surface area contributed by atoms with Crippen molar-refractivity contribution in [1.82, 2.24) is 9.47 Å². The van der Waals surface area contributed by atoms with E-state index >= 15 is 0 Å². The van der Waals surface area contributed by atoms with Crippen LogP contribution in [0.25, 0.3) is 16.5 Å². The molecular weight excluding hydrogens is 337 g/mol. The highest BCUT2D eigenvalue weighted by Crippen LogP contribution is 2.26. The third kappa shape index (κ3) is 6.82. The minimum absolute atomic E-state index is 0.842. The summed E-state index contributed by atoms with van der Waals surface area (Å²) in [5.41, 5.74) is 3.04. The number of para-hydroxylation sites is 1. The van der Waals surface area contributed by atoms with Crippen LogP contribution in [0, 0.1) is 0 Å². The van der Waals surface area contributed by atoms with Crippen LogP contribution in [0.4, 0.5) is 17.3 Å². The monoisotopic (exact) mass is 357 g/mol. The van der Waals surface area contributed by atoms with Gasteiger partial charge >= 0.3 is 7.25 Å². The smallest absolute Gasteiger partial charge is 0.418 e. The van der Waals surface area contributed by atoms with Gasteiger partial charge in [-0.15, -0.1) is 0 Å². The Morgan fingerprint density at radius 3 is 2.20 bits per heavy atom. The van der Waals surface area contributed by atoms with Gasteiger partial charge in [0.2, 0.25) is 6.41 Å². The first-order valence-corrected chi connectivity index (χ1v) is 7.35. The maximum absolute atomic E-state index is 11.2. The van der Waals surface area contributed by atoms with Crippen molar-refractivity contribution in [3.63, 3.8) is 0 Å². The summed E-state index contributed by atoms with van der Waals surface area (Å²) in [5, 5.41) is 1.07. The van der Waals surface area contributed by atoms with Gasteiger partial charge in [-0.25, -0.2) is 4.58 Å². The number of halogens is 4. The number of benzene rings is 1. The number of carbonyl (C=O) groups excluding carboxylic acids is 1. The quantitative estimate of drug-likeness (QED) is 0.276. The number of nitrogens with zero attached hydrogens (tertiary/aromatic N) is 3. The molecule has 4 nitrogen and oxygen atoms in total. The first-order valence-electron chi connectivity index (χ1n) is 7.35. The number of allylic oxidation sites excluding steroid dienone is 1. The molecule has 0 aliphatic heterocycles. The second-order valence-corrected chi connectivity index (χ2v) is 5.71. The Kier molecular flexibility index (Phi) is 6.96. The average molecular weight is 357 g/mol. The standard InChI is InChI=1S/C16H20N3O.BF4/c1-17(2)9-13(10-18(3)4)15-11-19(12-20)16-8-6-5-7-14(15)16;2-1(3,4)5/h5-12H,1-4H3;/q+1;-1. The minimum Gasteiger partial charge on any atom is -0.418 e. The lowest BCUT2D eigenvalue weighted by Crippen LogP contribution is -2.07. The molecule has 0 spiro atoms. The van der Waals surface area contributed by atoms with E-state index in [-0.39, 0.29) is 0 Å². The minimum atomic E-state index is -6.00. The molecule has 0 bridgehead atoms. The first kappa shape index (κ1) is 20.5. The summed E-state index contributed by atoms with van der Waals surface area (Å²) >= 11 is 0. The lowest BCUT2D eigenvalue weighted by atomic mass is 10.1.